The quantitative estimate of drug-likeness (QED) is 0.772. The fourth-order valence-corrected chi connectivity index (χ4v) is 3.69. The molecule has 1 rings (SSSR count). The Kier molecular flexibility index (Phi) is 5.68. The minimum Gasteiger partial charge on any atom is -0.496 e. The zero-order valence-corrected chi connectivity index (χ0v) is 12.4. The highest BCUT2D eigenvalue weighted by atomic mass is 32.2. The Balaban J connectivity index is 2.70. The second-order valence-electron chi connectivity index (χ2n) is 4.01. The Bertz CT molecular complexity index is 551. The third-order valence-corrected chi connectivity index (χ3v) is 4.60. The zero-order chi connectivity index (χ0) is 14.5. The first-order valence-electron chi connectivity index (χ1n) is 5.49. The van der Waals surface area contributed by atoms with E-state index in [0.717, 1.165) is 5.56 Å². The summed E-state index contributed by atoms with van der Waals surface area (Å²) in [6.07, 6.45) is 1.19. The van der Waals surface area contributed by atoms with E-state index in [1.807, 2.05) is 0 Å². The average molecular weight is 304 g/mol. The van der Waals surface area contributed by atoms with Gasteiger partial charge >= 0.3 is 5.97 Å². The molecule has 0 fully saturated rings. The molecular formula is C12H16O5S2. The van der Waals surface area contributed by atoms with Crippen molar-refractivity contribution in [2.45, 2.75) is 5.75 Å². The van der Waals surface area contributed by atoms with Gasteiger partial charge in [0.15, 0.2) is 0 Å². The van der Waals surface area contributed by atoms with Crippen LogP contribution in [0.15, 0.2) is 18.2 Å². The Morgan fingerprint density at radius 3 is 2.63 bits per heavy atom. The summed E-state index contributed by atoms with van der Waals surface area (Å²) in [5.74, 6) is 0.708. The summed E-state index contributed by atoms with van der Waals surface area (Å²) >= 11 is 1.43. The first-order chi connectivity index (χ1) is 8.83. The Morgan fingerprint density at radius 1 is 1.42 bits per heavy atom. The van der Waals surface area contributed by atoms with Crippen LogP contribution in [0.2, 0.25) is 0 Å². The van der Waals surface area contributed by atoms with E-state index in [2.05, 4.69) is 0 Å². The van der Waals surface area contributed by atoms with Crippen molar-refractivity contribution >= 4 is 27.6 Å². The van der Waals surface area contributed by atoms with Crippen LogP contribution in [0.1, 0.15) is 15.9 Å². The topological polar surface area (TPSA) is 80.7 Å². The lowest BCUT2D eigenvalue weighted by molar-refractivity contribution is 0.0696. The van der Waals surface area contributed by atoms with E-state index in [-0.39, 0.29) is 11.3 Å². The highest BCUT2D eigenvalue weighted by molar-refractivity contribution is 7.99. The van der Waals surface area contributed by atoms with Gasteiger partial charge in [0.2, 0.25) is 0 Å². The molecule has 0 amide bonds. The lowest BCUT2D eigenvalue weighted by Crippen LogP contribution is -2.05. The molecule has 1 N–H and O–H groups in total. The molecule has 0 aliphatic heterocycles. The summed E-state index contributed by atoms with van der Waals surface area (Å²) < 4.78 is 27.1. The molecule has 0 unspecified atom stereocenters. The fraction of sp³-hybridized carbons (Fsp3) is 0.417. The van der Waals surface area contributed by atoms with Gasteiger partial charge in [0.1, 0.15) is 15.6 Å². The predicted octanol–water partition coefficient (Wildman–Crippen LogP) is 1.67. The number of sulfone groups is 1. The molecule has 0 aliphatic rings. The molecule has 1 aromatic carbocycles. The molecule has 0 heterocycles. The summed E-state index contributed by atoms with van der Waals surface area (Å²) in [5, 5.41) is 8.92. The number of carboxylic acids is 1. The molecule has 1 aromatic rings. The second-order valence-corrected chi connectivity index (χ2v) is 7.38. The molecule has 0 bridgehead atoms. The van der Waals surface area contributed by atoms with Crippen LogP contribution in [0.3, 0.4) is 0 Å². The maximum atomic E-state index is 11.0. The molecule has 7 heteroatoms. The van der Waals surface area contributed by atoms with Crippen molar-refractivity contribution in [3.8, 4) is 5.75 Å². The third-order valence-electron chi connectivity index (χ3n) is 2.38. The summed E-state index contributed by atoms with van der Waals surface area (Å²) in [4.78, 5) is 10.9. The number of ether oxygens (including phenoxy) is 1. The van der Waals surface area contributed by atoms with Gasteiger partial charge in [-0.25, -0.2) is 13.2 Å². The van der Waals surface area contributed by atoms with Crippen molar-refractivity contribution in [3.63, 3.8) is 0 Å². The van der Waals surface area contributed by atoms with Gasteiger partial charge in [-0.1, -0.05) is 0 Å². The van der Waals surface area contributed by atoms with E-state index >= 15 is 0 Å². The van der Waals surface area contributed by atoms with Crippen molar-refractivity contribution in [2.75, 3.05) is 24.9 Å². The van der Waals surface area contributed by atoms with E-state index in [4.69, 9.17) is 9.84 Å². The number of thioether (sulfide) groups is 1. The fourth-order valence-electron chi connectivity index (χ4n) is 1.42. The largest absolute Gasteiger partial charge is 0.496 e. The normalized spacial score (nSPS) is 11.3. The molecular weight excluding hydrogens is 288 g/mol. The highest BCUT2D eigenvalue weighted by Gasteiger charge is 2.09. The van der Waals surface area contributed by atoms with Crippen LogP contribution < -0.4 is 4.74 Å². The summed E-state index contributed by atoms with van der Waals surface area (Å²) in [6, 6.07) is 4.64. The van der Waals surface area contributed by atoms with Gasteiger partial charge in [0.25, 0.3) is 0 Å². The molecule has 5 nitrogen and oxygen atoms in total. The molecule has 106 valence electrons. The smallest absolute Gasteiger partial charge is 0.335 e. The SMILES string of the molecule is COc1ccc(C(=O)O)cc1CSCCS(C)(=O)=O. The number of carboxylic acid groups (broad SMARTS) is 1. The minimum absolute atomic E-state index is 0.110. The second kappa shape index (κ2) is 6.81. The van der Waals surface area contributed by atoms with Crippen LogP contribution in [-0.2, 0) is 15.6 Å². The van der Waals surface area contributed by atoms with Crippen LogP contribution in [0.25, 0.3) is 0 Å². The zero-order valence-electron chi connectivity index (χ0n) is 10.8. The molecule has 0 atom stereocenters. The molecule has 19 heavy (non-hydrogen) atoms. The van der Waals surface area contributed by atoms with Gasteiger partial charge in [0.05, 0.1) is 18.4 Å². The van der Waals surface area contributed by atoms with Crippen molar-refractivity contribution < 1.29 is 23.1 Å². The van der Waals surface area contributed by atoms with E-state index in [1.165, 1.54) is 31.2 Å². The lowest BCUT2D eigenvalue weighted by atomic mass is 10.1. The van der Waals surface area contributed by atoms with Crippen molar-refractivity contribution in [1.82, 2.24) is 0 Å². The summed E-state index contributed by atoms with van der Waals surface area (Å²) in [7, 11) is -1.45. The number of benzene rings is 1. The Morgan fingerprint density at radius 2 is 2.11 bits per heavy atom. The molecule has 0 aromatic heterocycles. The number of carbonyl (C=O) groups is 1. The lowest BCUT2D eigenvalue weighted by Gasteiger charge is -2.09. The van der Waals surface area contributed by atoms with E-state index in [0.29, 0.717) is 17.3 Å². The van der Waals surface area contributed by atoms with Crippen molar-refractivity contribution in [2.24, 2.45) is 0 Å². The third kappa shape index (κ3) is 5.52. The first kappa shape index (κ1) is 15.8. The molecule has 0 saturated heterocycles. The Labute approximate surface area is 116 Å². The van der Waals surface area contributed by atoms with Crippen LogP contribution in [-0.4, -0.2) is 44.4 Å². The molecule has 0 radical (unpaired) electrons. The number of aromatic carboxylic acids is 1. The Hall–Kier alpha value is -1.21. The van der Waals surface area contributed by atoms with Gasteiger partial charge in [-0.3, -0.25) is 0 Å². The maximum absolute atomic E-state index is 11.0. The van der Waals surface area contributed by atoms with E-state index in [9.17, 15) is 13.2 Å². The predicted molar refractivity (Wildman–Crippen MR) is 75.8 cm³/mol. The summed E-state index contributed by atoms with van der Waals surface area (Å²) in [5.41, 5.74) is 0.945. The van der Waals surface area contributed by atoms with Crippen molar-refractivity contribution in [1.29, 1.82) is 0 Å². The van der Waals surface area contributed by atoms with Gasteiger partial charge in [-0.05, 0) is 18.2 Å². The van der Waals surface area contributed by atoms with Gasteiger partial charge < -0.3 is 9.84 Å². The van der Waals surface area contributed by atoms with Crippen LogP contribution >= 0.6 is 11.8 Å². The number of hydrogen-bond donors (Lipinski definition) is 1. The van der Waals surface area contributed by atoms with Gasteiger partial charge in [-0.2, -0.15) is 11.8 Å². The maximum Gasteiger partial charge on any atom is 0.335 e. The van der Waals surface area contributed by atoms with Crippen LogP contribution in [0.5, 0.6) is 5.75 Å². The standard InChI is InChI=1S/C12H16O5S2/c1-17-11-4-3-9(12(13)14)7-10(11)8-18-5-6-19(2,15)16/h3-4,7H,5-6,8H2,1-2H3,(H,13,14). The van der Waals surface area contributed by atoms with Crippen molar-refractivity contribution in [3.05, 3.63) is 29.3 Å². The van der Waals surface area contributed by atoms with E-state index < -0.39 is 15.8 Å². The number of rotatable bonds is 7. The van der Waals surface area contributed by atoms with Crippen LogP contribution in [0.4, 0.5) is 0 Å². The number of methoxy groups -OCH3 is 1. The summed E-state index contributed by atoms with van der Waals surface area (Å²) in [6.45, 7) is 0. The highest BCUT2D eigenvalue weighted by Crippen LogP contribution is 2.24. The number of hydrogen-bond acceptors (Lipinski definition) is 5. The van der Waals surface area contributed by atoms with Gasteiger partial charge in [-0.15, -0.1) is 0 Å². The van der Waals surface area contributed by atoms with Crippen LogP contribution in [0, 0.1) is 0 Å². The average Bonchev–Trinajstić information content (AvgIpc) is 2.33. The minimum atomic E-state index is -2.96. The molecule has 0 saturated carbocycles. The van der Waals surface area contributed by atoms with E-state index in [1.54, 1.807) is 12.1 Å². The molecule has 0 spiro atoms. The first-order valence-corrected chi connectivity index (χ1v) is 8.70. The van der Waals surface area contributed by atoms with Gasteiger partial charge in [0, 0.05) is 23.3 Å². The molecule has 0 aliphatic carbocycles. The monoisotopic (exact) mass is 304 g/mol.